The van der Waals surface area contributed by atoms with E-state index in [1.54, 1.807) is 6.20 Å². The molecule has 0 bridgehead atoms. The Morgan fingerprint density at radius 3 is 2.76 bits per heavy atom. The number of aromatic nitrogens is 1. The SMILES string of the molecule is NC(=O)c1cnc2ccccc2c1N[C@@H]1CCCC[C@H]1N. The van der Waals surface area contributed by atoms with E-state index in [0.29, 0.717) is 5.56 Å². The minimum absolute atomic E-state index is 0.103. The summed E-state index contributed by atoms with van der Waals surface area (Å²) in [5, 5.41) is 4.37. The van der Waals surface area contributed by atoms with Gasteiger partial charge in [0.05, 0.1) is 16.8 Å². The highest BCUT2D eigenvalue weighted by atomic mass is 16.1. The zero-order valence-electron chi connectivity index (χ0n) is 11.9. The van der Waals surface area contributed by atoms with Crippen molar-refractivity contribution in [3.63, 3.8) is 0 Å². The lowest BCUT2D eigenvalue weighted by atomic mass is 9.90. The molecule has 0 spiro atoms. The molecule has 0 unspecified atom stereocenters. The number of fused-ring (bicyclic) bond motifs is 1. The number of benzene rings is 1. The van der Waals surface area contributed by atoms with Gasteiger partial charge in [0.1, 0.15) is 0 Å². The summed E-state index contributed by atoms with van der Waals surface area (Å²) in [5.74, 6) is -0.472. The van der Waals surface area contributed by atoms with Crippen LogP contribution < -0.4 is 16.8 Å². The van der Waals surface area contributed by atoms with E-state index >= 15 is 0 Å². The van der Waals surface area contributed by atoms with E-state index in [1.165, 1.54) is 6.42 Å². The van der Waals surface area contributed by atoms with Crippen LogP contribution in [0.2, 0.25) is 0 Å². The van der Waals surface area contributed by atoms with Gasteiger partial charge in [-0.2, -0.15) is 0 Å². The molecule has 0 radical (unpaired) electrons. The van der Waals surface area contributed by atoms with Crippen molar-refractivity contribution in [3.05, 3.63) is 36.0 Å². The summed E-state index contributed by atoms with van der Waals surface area (Å²) in [6.07, 6.45) is 5.88. The van der Waals surface area contributed by atoms with Gasteiger partial charge < -0.3 is 16.8 Å². The molecule has 5 nitrogen and oxygen atoms in total. The van der Waals surface area contributed by atoms with E-state index < -0.39 is 5.91 Å². The summed E-state index contributed by atoms with van der Waals surface area (Å²) >= 11 is 0. The predicted octanol–water partition coefficient (Wildman–Crippen LogP) is 2.02. The number of rotatable bonds is 3. The average Bonchev–Trinajstić information content (AvgIpc) is 2.49. The standard InChI is InChI=1S/C16H20N4O/c17-12-6-2-4-8-14(12)20-15-10-5-1-3-7-13(10)19-9-11(15)16(18)21/h1,3,5,7,9,12,14H,2,4,6,8,17H2,(H2,18,21)(H,19,20)/t12-,14-/m1/s1. The summed E-state index contributed by atoms with van der Waals surface area (Å²) < 4.78 is 0. The monoisotopic (exact) mass is 284 g/mol. The first-order chi connectivity index (χ1) is 10.2. The second-order valence-corrected chi connectivity index (χ2v) is 5.63. The number of primary amides is 1. The Balaban J connectivity index is 2.05. The Bertz CT molecular complexity index is 670. The summed E-state index contributed by atoms with van der Waals surface area (Å²) in [7, 11) is 0. The van der Waals surface area contributed by atoms with Gasteiger partial charge in [0.15, 0.2) is 0 Å². The lowest BCUT2D eigenvalue weighted by Gasteiger charge is -2.31. The molecule has 0 saturated heterocycles. The van der Waals surface area contributed by atoms with Gasteiger partial charge >= 0.3 is 0 Å². The summed E-state index contributed by atoms with van der Waals surface area (Å²) in [4.78, 5) is 16.0. The maximum absolute atomic E-state index is 11.7. The van der Waals surface area contributed by atoms with Crippen LogP contribution in [0.3, 0.4) is 0 Å². The molecule has 3 rings (SSSR count). The van der Waals surface area contributed by atoms with Crippen LogP contribution in [0, 0.1) is 0 Å². The van der Waals surface area contributed by atoms with Gasteiger partial charge in [0, 0.05) is 23.7 Å². The second-order valence-electron chi connectivity index (χ2n) is 5.63. The van der Waals surface area contributed by atoms with Crippen LogP contribution in [0.5, 0.6) is 0 Å². The zero-order chi connectivity index (χ0) is 14.8. The van der Waals surface area contributed by atoms with Crippen molar-refractivity contribution in [2.24, 2.45) is 11.5 Å². The summed E-state index contributed by atoms with van der Waals surface area (Å²) in [5.41, 5.74) is 13.7. The van der Waals surface area contributed by atoms with Crippen molar-refractivity contribution in [2.45, 2.75) is 37.8 Å². The van der Waals surface area contributed by atoms with Gasteiger partial charge in [0.25, 0.3) is 5.91 Å². The molecule has 2 atom stereocenters. The molecule has 5 N–H and O–H groups in total. The van der Waals surface area contributed by atoms with Gasteiger partial charge in [-0.15, -0.1) is 0 Å². The number of nitrogens with one attached hydrogen (secondary N) is 1. The van der Waals surface area contributed by atoms with Crippen LogP contribution in [0.4, 0.5) is 5.69 Å². The molecular weight excluding hydrogens is 264 g/mol. The van der Waals surface area contributed by atoms with Crippen LogP contribution in [-0.4, -0.2) is 23.0 Å². The molecular formula is C16H20N4O. The van der Waals surface area contributed by atoms with Crippen molar-refractivity contribution in [1.29, 1.82) is 0 Å². The lowest BCUT2D eigenvalue weighted by Crippen LogP contribution is -2.43. The molecule has 5 heteroatoms. The molecule has 1 fully saturated rings. The topological polar surface area (TPSA) is 94.0 Å². The number of amides is 1. The fraction of sp³-hybridized carbons (Fsp3) is 0.375. The maximum atomic E-state index is 11.7. The number of hydrogen-bond donors (Lipinski definition) is 3. The quantitative estimate of drug-likeness (QED) is 0.803. The van der Waals surface area contributed by atoms with E-state index in [9.17, 15) is 4.79 Å². The van der Waals surface area contributed by atoms with Gasteiger partial charge in [-0.3, -0.25) is 9.78 Å². The Morgan fingerprint density at radius 1 is 1.24 bits per heavy atom. The number of pyridine rings is 1. The minimum atomic E-state index is -0.472. The normalized spacial score (nSPS) is 22.1. The van der Waals surface area contributed by atoms with Crippen LogP contribution >= 0.6 is 0 Å². The third kappa shape index (κ3) is 2.69. The summed E-state index contributed by atoms with van der Waals surface area (Å²) in [6, 6.07) is 8.00. The molecule has 1 heterocycles. The third-order valence-corrected chi connectivity index (χ3v) is 4.19. The molecule has 21 heavy (non-hydrogen) atoms. The number of carbonyl (C=O) groups is 1. The molecule has 2 aromatic rings. The molecule has 1 saturated carbocycles. The van der Waals surface area contributed by atoms with Crippen molar-refractivity contribution in [1.82, 2.24) is 4.98 Å². The maximum Gasteiger partial charge on any atom is 0.252 e. The first kappa shape index (κ1) is 13.8. The molecule has 110 valence electrons. The molecule has 1 aromatic carbocycles. The van der Waals surface area contributed by atoms with Crippen LogP contribution in [0.15, 0.2) is 30.5 Å². The first-order valence-electron chi connectivity index (χ1n) is 7.36. The van der Waals surface area contributed by atoms with Crippen molar-refractivity contribution in [2.75, 3.05) is 5.32 Å². The lowest BCUT2D eigenvalue weighted by molar-refractivity contribution is 0.100. The molecule has 1 aliphatic rings. The van der Waals surface area contributed by atoms with Crippen molar-refractivity contribution >= 4 is 22.5 Å². The van der Waals surface area contributed by atoms with E-state index in [1.807, 2.05) is 24.3 Å². The molecule has 0 aliphatic heterocycles. The number of anilines is 1. The Morgan fingerprint density at radius 2 is 2.00 bits per heavy atom. The number of carbonyl (C=O) groups excluding carboxylic acids is 1. The highest BCUT2D eigenvalue weighted by Crippen LogP contribution is 2.29. The Hall–Kier alpha value is -2.14. The van der Waals surface area contributed by atoms with E-state index in [4.69, 9.17) is 11.5 Å². The largest absolute Gasteiger partial charge is 0.380 e. The van der Waals surface area contributed by atoms with E-state index in [2.05, 4.69) is 10.3 Å². The Labute approximate surface area is 123 Å². The third-order valence-electron chi connectivity index (χ3n) is 4.19. The van der Waals surface area contributed by atoms with Gasteiger partial charge in [-0.1, -0.05) is 31.0 Å². The number of hydrogen-bond acceptors (Lipinski definition) is 4. The van der Waals surface area contributed by atoms with Gasteiger partial charge in [-0.25, -0.2) is 0 Å². The summed E-state index contributed by atoms with van der Waals surface area (Å²) in [6.45, 7) is 0. The number of para-hydroxylation sites is 1. The number of nitrogens with two attached hydrogens (primary N) is 2. The molecule has 1 aromatic heterocycles. The van der Waals surface area contributed by atoms with E-state index in [0.717, 1.165) is 35.9 Å². The second kappa shape index (κ2) is 5.69. The highest BCUT2D eigenvalue weighted by Gasteiger charge is 2.24. The van der Waals surface area contributed by atoms with Crippen molar-refractivity contribution < 1.29 is 4.79 Å². The fourth-order valence-corrected chi connectivity index (χ4v) is 3.01. The Kier molecular flexibility index (Phi) is 3.75. The van der Waals surface area contributed by atoms with Gasteiger partial charge in [0.2, 0.25) is 0 Å². The predicted molar refractivity (Wildman–Crippen MR) is 84.1 cm³/mol. The van der Waals surface area contributed by atoms with Gasteiger partial charge in [-0.05, 0) is 18.9 Å². The van der Waals surface area contributed by atoms with Crippen LogP contribution in [-0.2, 0) is 0 Å². The zero-order valence-corrected chi connectivity index (χ0v) is 11.9. The smallest absolute Gasteiger partial charge is 0.252 e. The van der Waals surface area contributed by atoms with Crippen LogP contribution in [0.1, 0.15) is 36.0 Å². The fourth-order valence-electron chi connectivity index (χ4n) is 3.01. The van der Waals surface area contributed by atoms with Crippen molar-refractivity contribution in [3.8, 4) is 0 Å². The van der Waals surface area contributed by atoms with E-state index in [-0.39, 0.29) is 12.1 Å². The van der Waals surface area contributed by atoms with Crippen LogP contribution in [0.25, 0.3) is 10.9 Å². The average molecular weight is 284 g/mol. The molecule has 1 aliphatic carbocycles. The minimum Gasteiger partial charge on any atom is -0.380 e. The first-order valence-corrected chi connectivity index (χ1v) is 7.36. The highest BCUT2D eigenvalue weighted by molar-refractivity contribution is 6.06. The molecule has 1 amide bonds. The number of nitrogens with zero attached hydrogens (tertiary/aromatic N) is 1.